The molecule has 0 fully saturated rings. The Kier molecular flexibility index (Phi) is 6.16. The maximum atomic E-state index is 6.10. The summed E-state index contributed by atoms with van der Waals surface area (Å²) in [5, 5.41) is 4.57. The van der Waals surface area contributed by atoms with Crippen LogP contribution in [0.5, 0.6) is 0 Å². The van der Waals surface area contributed by atoms with E-state index in [1.54, 1.807) is 7.05 Å². The number of hydrogen-bond donors (Lipinski definition) is 1. The van der Waals surface area contributed by atoms with Crippen LogP contribution in [0.2, 0.25) is 10.0 Å². The SMILES string of the molecule is CN=C(Nc1ccccc1Cl)c1ccc(Cl)cc1.Cl. The van der Waals surface area contributed by atoms with Crippen molar-refractivity contribution in [2.45, 2.75) is 0 Å². The molecule has 1 N–H and O–H groups in total. The summed E-state index contributed by atoms with van der Waals surface area (Å²) in [6, 6.07) is 15.0. The molecule has 2 rings (SSSR count). The molecule has 0 aliphatic carbocycles. The molecule has 0 amide bonds. The normalized spacial score (nSPS) is 10.8. The summed E-state index contributed by atoms with van der Waals surface area (Å²) >= 11 is 12.0. The van der Waals surface area contributed by atoms with E-state index >= 15 is 0 Å². The zero-order valence-corrected chi connectivity index (χ0v) is 12.6. The lowest BCUT2D eigenvalue weighted by Crippen LogP contribution is -2.13. The first-order chi connectivity index (χ1) is 8.70. The average molecular weight is 316 g/mol. The van der Waals surface area contributed by atoms with Crippen LogP contribution in [0.15, 0.2) is 53.5 Å². The van der Waals surface area contributed by atoms with Crippen molar-refractivity contribution in [3.63, 3.8) is 0 Å². The maximum absolute atomic E-state index is 6.10. The highest BCUT2D eigenvalue weighted by molar-refractivity contribution is 6.34. The van der Waals surface area contributed by atoms with Gasteiger partial charge in [-0.15, -0.1) is 12.4 Å². The lowest BCUT2D eigenvalue weighted by atomic mass is 10.2. The molecule has 19 heavy (non-hydrogen) atoms. The molecule has 2 nitrogen and oxygen atoms in total. The summed E-state index contributed by atoms with van der Waals surface area (Å²) in [5.74, 6) is 0.750. The van der Waals surface area contributed by atoms with Crippen LogP contribution in [0.25, 0.3) is 0 Å². The number of rotatable bonds is 2. The fraction of sp³-hybridized carbons (Fsp3) is 0.0714. The minimum absolute atomic E-state index is 0. The van der Waals surface area contributed by atoms with E-state index in [1.165, 1.54) is 0 Å². The Hall–Kier alpha value is -1.22. The molecule has 0 saturated carbocycles. The smallest absolute Gasteiger partial charge is 0.132 e. The molecule has 0 spiro atoms. The third-order valence-corrected chi connectivity index (χ3v) is 3.05. The van der Waals surface area contributed by atoms with E-state index in [0.29, 0.717) is 10.0 Å². The second-order valence-electron chi connectivity index (χ2n) is 3.68. The molecule has 0 saturated heterocycles. The predicted molar refractivity (Wildman–Crippen MR) is 86.2 cm³/mol. The van der Waals surface area contributed by atoms with Crippen LogP contribution in [-0.2, 0) is 0 Å². The van der Waals surface area contributed by atoms with Crippen LogP contribution in [0.3, 0.4) is 0 Å². The Morgan fingerprint density at radius 1 is 1.00 bits per heavy atom. The lowest BCUT2D eigenvalue weighted by molar-refractivity contribution is 1.40. The van der Waals surface area contributed by atoms with E-state index in [-0.39, 0.29) is 12.4 Å². The minimum atomic E-state index is 0. The lowest BCUT2D eigenvalue weighted by Gasteiger charge is -2.11. The van der Waals surface area contributed by atoms with Crippen molar-refractivity contribution in [3.8, 4) is 0 Å². The third kappa shape index (κ3) is 4.13. The first-order valence-corrected chi connectivity index (χ1v) is 6.20. The van der Waals surface area contributed by atoms with E-state index in [0.717, 1.165) is 17.1 Å². The second-order valence-corrected chi connectivity index (χ2v) is 4.53. The van der Waals surface area contributed by atoms with Crippen molar-refractivity contribution in [1.82, 2.24) is 0 Å². The van der Waals surface area contributed by atoms with Crippen LogP contribution in [0.4, 0.5) is 5.69 Å². The van der Waals surface area contributed by atoms with Crippen LogP contribution in [0.1, 0.15) is 5.56 Å². The van der Waals surface area contributed by atoms with Crippen molar-refractivity contribution >= 4 is 47.1 Å². The first-order valence-electron chi connectivity index (χ1n) is 5.45. The summed E-state index contributed by atoms with van der Waals surface area (Å²) < 4.78 is 0. The number of nitrogens with one attached hydrogen (secondary N) is 1. The van der Waals surface area contributed by atoms with Crippen molar-refractivity contribution in [2.24, 2.45) is 4.99 Å². The van der Waals surface area contributed by atoms with Gasteiger partial charge in [0, 0.05) is 17.6 Å². The molecule has 2 aromatic rings. The molecule has 0 bridgehead atoms. The molecular formula is C14H13Cl3N2. The standard InChI is InChI=1S/C14H12Cl2N2.ClH/c1-17-14(10-6-8-11(15)9-7-10)18-13-5-3-2-4-12(13)16;/h2-9H,1H3,(H,17,18);1H. The molecule has 2 aromatic carbocycles. The van der Waals surface area contributed by atoms with Gasteiger partial charge in [-0.1, -0.05) is 35.3 Å². The monoisotopic (exact) mass is 314 g/mol. The van der Waals surface area contributed by atoms with Gasteiger partial charge in [-0.2, -0.15) is 0 Å². The van der Waals surface area contributed by atoms with E-state index in [4.69, 9.17) is 23.2 Å². The van der Waals surface area contributed by atoms with Crippen LogP contribution in [0, 0.1) is 0 Å². The molecule has 0 radical (unpaired) electrons. The zero-order chi connectivity index (χ0) is 13.0. The molecule has 5 heteroatoms. The number of benzene rings is 2. The molecular weight excluding hydrogens is 303 g/mol. The van der Waals surface area contributed by atoms with Crippen molar-refractivity contribution in [3.05, 3.63) is 64.1 Å². The van der Waals surface area contributed by atoms with Gasteiger partial charge >= 0.3 is 0 Å². The number of hydrogen-bond acceptors (Lipinski definition) is 1. The van der Waals surface area contributed by atoms with Crippen molar-refractivity contribution < 1.29 is 0 Å². The average Bonchev–Trinajstić information content (AvgIpc) is 2.39. The zero-order valence-electron chi connectivity index (χ0n) is 10.2. The van der Waals surface area contributed by atoms with E-state index in [9.17, 15) is 0 Å². The number of nitrogens with zero attached hydrogens (tertiary/aromatic N) is 1. The number of anilines is 1. The summed E-state index contributed by atoms with van der Waals surface area (Å²) in [4.78, 5) is 4.23. The summed E-state index contributed by atoms with van der Waals surface area (Å²) in [6.07, 6.45) is 0. The highest BCUT2D eigenvalue weighted by atomic mass is 35.5. The third-order valence-electron chi connectivity index (χ3n) is 2.47. The van der Waals surface area contributed by atoms with E-state index in [1.807, 2.05) is 48.5 Å². The molecule has 0 aliphatic heterocycles. The van der Waals surface area contributed by atoms with E-state index < -0.39 is 0 Å². The number of para-hydroxylation sites is 1. The van der Waals surface area contributed by atoms with E-state index in [2.05, 4.69) is 10.3 Å². The van der Waals surface area contributed by atoms with Crippen LogP contribution >= 0.6 is 35.6 Å². The molecule has 0 aliphatic rings. The molecule has 0 atom stereocenters. The largest absolute Gasteiger partial charge is 0.339 e. The fourth-order valence-corrected chi connectivity index (χ4v) is 1.86. The predicted octanol–water partition coefficient (Wildman–Crippen LogP) is 4.90. The van der Waals surface area contributed by atoms with Gasteiger partial charge < -0.3 is 5.32 Å². The van der Waals surface area contributed by atoms with Gasteiger partial charge in [-0.3, -0.25) is 4.99 Å². The number of amidine groups is 1. The fourth-order valence-electron chi connectivity index (χ4n) is 1.56. The quantitative estimate of drug-likeness (QED) is 0.618. The van der Waals surface area contributed by atoms with Gasteiger partial charge in [0.25, 0.3) is 0 Å². The van der Waals surface area contributed by atoms with Gasteiger partial charge in [-0.25, -0.2) is 0 Å². The highest BCUT2D eigenvalue weighted by Crippen LogP contribution is 2.21. The minimum Gasteiger partial charge on any atom is -0.339 e. The van der Waals surface area contributed by atoms with Crippen LogP contribution < -0.4 is 5.32 Å². The second kappa shape index (κ2) is 7.39. The molecule has 0 heterocycles. The first kappa shape index (κ1) is 15.8. The van der Waals surface area contributed by atoms with Gasteiger partial charge in [-0.05, 0) is 36.4 Å². The Morgan fingerprint density at radius 2 is 1.63 bits per heavy atom. The van der Waals surface area contributed by atoms with Crippen molar-refractivity contribution in [1.29, 1.82) is 0 Å². The van der Waals surface area contributed by atoms with Crippen molar-refractivity contribution in [2.75, 3.05) is 12.4 Å². The maximum Gasteiger partial charge on any atom is 0.132 e. The summed E-state index contributed by atoms with van der Waals surface area (Å²) in [6.45, 7) is 0. The molecule has 0 unspecified atom stereocenters. The van der Waals surface area contributed by atoms with Gasteiger partial charge in [0.05, 0.1) is 10.7 Å². The Labute approximate surface area is 128 Å². The van der Waals surface area contributed by atoms with Gasteiger partial charge in [0.15, 0.2) is 0 Å². The topological polar surface area (TPSA) is 24.4 Å². The molecule has 0 aromatic heterocycles. The Bertz CT molecular complexity index is 565. The number of aliphatic imine (C=N–C) groups is 1. The molecule has 100 valence electrons. The Morgan fingerprint density at radius 3 is 2.21 bits per heavy atom. The number of halogens is 3. The van der Waals surface area contributed by atoms with Gasteiger partial charge in [0.2, 0.25) is 0 Å². The summed E-state index contributed by atoms with van der Waals surface area (Å²) in [5.41, 5.74) is 1.79. The van der Waals surface area contributed by atoms with Crippen LogP contribution in [-0.4, -0.2) is 12.9 Å². The Balaban J connectivity index is 0.00000180. The summed E-state index contributed by atoms with van der Waals surface area (Å²) in [7, 11) is 1.73. The highest BCUT2D eigenvalue weighted by Gasteiger charge is 2.05. The van der Waals surface area contributed by atoms with Gasteiger partial charge in [0.1, 0.15) is 5.84 Å².